The summed E-state index contributed by atoms with van der Waals surface area (Å²) in [6, 6.07) is 56.4. The number of hydrogen-bond donors (Lipinski definition) is 7. The van der Waals surface area contributed by atoms with E-state index in [1.54, 1.807) is 92.7 Å². The van der Waals surface area contributed by atoms with Crippen LogP contribution in [-0.4, -0.2) is 52.2 Å². The number of Topliss-reactive ketones (excluding diaryl/α,β-unsaturated/α-hetero) is 1. The molecule has 28 heteroatoms. The first-order chi connectivity index (χ1) is 49.9. The van der Waals surface area contributed by atoms with Crippen molar-refractivity contribution in [2.24, 2.45) is 0 Å². The van der Waals surface area contributed by atoms with Crippen molar-refractivity contribution in [1.82, 2.24) is 19.9 Å². The first-order valence-electron chi connectivity index (χ1n) is 31.2. The summed E-state index contributed by atoms with van der Waals surface area (Å²) in [5.74, 6) is 7.24. The van der Waals surface area contributed by atoms with Crippen molar-refractivity contribution in [1.29, 1.82) is 0 Å². The van der Waals surface area contributed by atoms with Crippen LogP contribution < -0.4 is 22.2 Å². The van der Waals surface area contributed by atoms with Crippen molar-refractivity contribution >= 4 is 84.4 Å². The topological polar surface area (TPSA) is 209 Å². The SMILES string of the molecule is C#CC(C)(C)O.CC(C)(O)C#Cc1ccc2[nH]c(=O)cc(C(F)(F)F)c2c1.CC(C)=O.O=c1cc(C(F)(F)F)c2cc(Br)ccc2[nH]1.O=c1cc(C(F)(F)F)c2cc(C(O)(c3ccccc3)c3ccccc3)ccc2[nH]1.O=c1cc(C(F)(F)F)c2cc(C(c3ccccc3)c3ccccc3)ccc2[nH]1.[Cl][Pd][Cl]. The second kappa shape index (κ2) is 36.6. The predicted octanol–water partition coefficient (Wildman–Crippen LogP) is 18.9. The van der Waals surface area contributed by atoms with Gasteiger partial charge in [-0.2, -0.15) is 52.7 Å². The minimum atomic E-state index is -4.71. The molecular weight excluding hydrogens is 1620 g/mol. The zero-order valence-electron chi connectivity index (χ0n) is 56.8. The number of alkyl halides is 12. The maximum atomic E-state index is 13.6. The van der Waals surface area contributed by atoms with Gasteiger partial charge in [0.25, 0.3) is 0 Å². The van der Waals surface area contributed by atoms with Gasteiger partial charge in [0, 0.05) is 83.8 Å². The van der Waals surface area contributed by atoms with Crippen LogP contribution >= 0.6 is 35.0 Å². The first-order valence-corrected chi connectivity index (χ1v) is 36.0. The Morgan fingerprint density at radius 3 is 1.06 bits per heavy atom. The van der Waals surface area contributed by atoms with E-state index < -0.39 is 86.0 Å². The molecule has 0 unspecified atom stereocenters. The van der Waals surface area contributed by atoms with Crippen LogP contribution in [-0.2, 0) is 51.0 Å². The van der Waals surface area contributed by atoms with Gasteiger partial charge in [0.2, 0.25) is 22.2 Å². The number of benzene rings is 8. The second-order valence-corrected chi connectivity index (χ2v) is 27.6. The van der Waals surface area contributed by atoms with E-state index in [0.29, 0.717) is 45.4 Å². The number of pyridine rings is 4. The van der Waals surface area contributed by atoms with Crippen LogP contribution in [0.15, 0.2) is 242 Å². The van der Waals surface area contributed by atoms with Gasteiger partial charge in [-0.05, 0) is 136 Å². The Morgan fingerprint density at radius 1 is 0.421 bits per heavy atom. The van der Waals surface area contributed by atoms with Crippen LogP contribution in [0.4, 0.5) is 52.7 Å². The molecule has 7 N–H and O–H groups in total. The molecule has 0 aliphatic carbocycles. The molecule has 0 atom stereocenters. The Hall–Kier alpha value is -9.85. The molecule has 107 heavy (non-hydrogen) atoms. The van der Waals surface area contributed by atoms with Crippen molar-refractivity contribution in [2.75, 3.05) is 0 Å². The number of hydrogen-bond acceptors (Lipinski definition) is 8. The molecular formula is C79H63BrCl2F12N4O8Pd. The number of aliphatic hydroxyl groups is 3. The van der Waals surface area contributed by atoms with Crippen molar-refractivity contribution in [2.45, 2.75) is 89.0 Å². The zero-order chi connectivity index (χ0) is 79.6. The van der Waals surface area contributed by atoms with E-state index in [2.05, 4.69) is 53.6 Å². The maximum absolute atomic E-state index is 13.6. The molecule has 0 aliphatic rings. The van der Waals surface area contributed by atoms with Gasteiger partial charge in [-0.15, -0.1) is 6.42 Å². The van der Waals surface area contributed by atoms with Crippen LogP contribution in [0.25, 0.3) is 43.6 Å². The van der Waals surface area contributed by atoms with E-state index in [0.717, 1.165) is 16.7 Å². The van der Waals surface area contributed by atoms with E-state index in [4.69, 9.17) is 30.6 Å². The van der Waals surface area contributed by atoms with E-state index in [1.165, 1.54) is 82.3 Å². The molecule has 4 heterocycles. The molecule has 4 aromatic heterocycles. The van der Waals surface area contributed by atoms with Crippen LogP contribution in [0.1, 0.15) is 109 Å². The van der Waals surface area contributed by atoms with Gasteiger partial charge in [-0.25, -0.2) is 0 Å². The minimum absolute atomic E-state index is 0.0125. The Balaban J connectivity index is 0.000000215. The van der Waals surface area contributed by atoms with Gasteiger partial charge in [-0.1, -0.05) is 167 Å². The van der Waals surface area contributed by atoms with E-state index in [-0.39, 0.29) is 76.8 Å². The Kier molecular flexibility index (Phi) is 29.5. The quantitative estimate of drug-likeness (QED) is 0.0368. The van der Waals surface area contributed by atoms with Crippen LogP contribution in [0.3, 0.4) is 0 Å². The molecule has 12 aromatic rings. The zero-order valence-corrected chi connectivity index (χ0v) is 61.5. The molecule has 0 saturated heterocycles. The van der Waals surface area contributed by atoms with Crippen molar-refractivity contribution in [3.05, 3.63) is 325 Å². The summed E-state index contributed by atoms with van der Waals surface area (Å²) in [6.07, 6.45) is -13.7. The summed E-state index contributed by atoms with van der Waals surface area (Å²) in [6.45, 7) is 9.12. The Bertz CT molecular complexity index is 5340. The Morgan fingerprint density at radius 2 is 0.720 bits per heavy atom. The fraction of sp³-hybridized carbons (Fsp3) is 0.177. The number of carbonyl (C=O) groups is 1. The molecule has 0 aliphatic heterocycles. The van der Waals surface area contributed by atoms with Crippen molar-refractivity contribution in [3.63, 3.8) is 0 Å². The Labute approximate surface area is 627 Å². The summed E-state index contributed by atoms with van der Waals surface area (Å²) < 4.78 is 159. The van der Waals surface area contributed by atoms with Gasteiger partial charge >= 0.3 is 59.7 Å². The van der Waals surface area contributed by atoms with Crippen LogP contribution in [0, 0.1) is 24.2 Å². The predicted molar refractivity (Wildman–Crippen MR) is 391 cm³/mol. The van der Waals surface area contributed by atoms with E-state index in [9.17, 15) is 86.9 Å². The summed E-state index contributed by atoms with van der Waals surface area (Å²) in [7, 11) is 9.63. The number of halogens is 15. The molecule has 12 rings (SSSR count). The summed E-state index contributed by atoms with van der Waals surface area (Å²) >= 11 is 2.99. The fourth-order valence-electron chi connectivity index (χ4n) is 10.4. The fourth-order valence-corrected chi connectivity index (χ4v) is 10.7. The molecule has 0 radical (unpaired) electrons. The second-order valence-electron chi connectivity index (χ2n) is 24.4. The number of nitrogens with one attached hydrogen (secondary N) is 4. The first kappa shape index (κ1) is 86.1. The van der Waals surface area contributed by atoms with Crippen LogP contribution in [0.2, 0.25) is 0 Å². The third kappa shape index (κ3) is 24.9. The number of aromatic nitrogens is 4. The number of aromatic amines is 4. The van der Waals surface area contributed by atoms with E-state index >= 15 is 0 Å². The van der Waals surface area contributed by atoms with Gasteiger partial charge in [0.1, 0.15) is 22.6 Å². The van der Waals surface area contributed by atoms with Crippen LogP contribution in [0.5, 0.6) is 0 Å². The van der Waals surface area contributed by atoms with E-state index in [1.807, 2.05) is 60.7 Å². The third-order valence-corrected chi connectivity index (χ3v) is 15.3. The van der Waals surface area contributed by atoms with Gasteiger partial charge in [0.15, 0.2) is 0 Å². The number of rotatable bonds is 6. The van der Waals surface area contributed by atoms with Gasteiger partial charge in [0.05, 0.1) is 22.3 Å². The molecule has 0 amide bonds. The molecule has 8 aromatic carbocycles. The molecule has 562 valence electrons. The normalized spacial score (nSPS) is 11.6. The van der Waals surface area contributed by atoms with Gasteiger partial charge in [-0.3, -0.25) is 19.2 Å². The third-order valence-electron chi connectivity index (χ3n) is 14.8. The van der Waals surface area contributed by atoms with Crippen molar-refractivity contribution in [3.8, 4) is 24.2 Å². The average molecular weight is 1680 g/mol. The summed E-state index contributed by atoms with van der Waals surface area (Å²) in [4.78, 5) is 64.7. The summed E-state index contributed by atoms with van der Waals surface area (Å²) in [5.41, 5.74) is -6.14. The summed E-state index contributed by atoms with van der Waals surface area (Å²) in [5, 5.41) is 29.5. The van der Waals surface area contributed by atoms with Gasteiger partial charge < -0.3 is 40.1 Å². The number of H-pyrrole nitrogens is 4. The monoisotopic (exact) mass is 1680 g/mol. The molecule has 0 saturated carbocycles. The van der Waals surface area contributed by atoms with Crippen molar-refractivity contribution < 1.29 is 88.7 Å². The standard InChI is InChI=1S/C23H16F3NO2.C23H16F3NO.C15H12F3NO2.C10H5BrF3NO.C5H8O.C3H6O.2ClH.Pd/c24-23(25,26)19-14-21(28)27-20-12-11-17(13-18(19)20)22(29,15-7-3-1-4-8-15)16-9-5-2-6-10-16;24-23(25,26)19-14-21(28)27-20-12-11-17(13-18(19)20)22(15-7-3-1-4-8-15)16-9-5-2-6-10-16;1-14(2,21)6-5-9-3-4-12-10(7-9)11(15(16,17)18)8-13(20)19-12;11-5-1-2-8-6(3-5)7(10(12,13)14)4-9(16)15-8;1-4-5(2,3)6;1-3(2)4;;;/h1-14,29H,(H,27,28);1-14,22H,(H,27,28);3-4,7-8,21H,1-2H3,(H,19,20);1-4H,(H,15,16);1,6H,2-3H3;1-2H3;2*1H;/q;;;;;;;;+2/p-2. The molecule has 0 spiro atoms. The molecule has 0 bridgehead atoms. The number of carbonyl (C=O) groups excluding carboxylic acids is 1. The number of fused-ring (bicyclic) bond motifs is 4. The average Bonchev–Trinajstić information content (AvgIpc) is 0.753. The number of terminal acetylenes is 1. The molecule has 12 nitrogen and oxygen atoms in total. The number of ketones is 1. The molecule has 0 fully saturated rings.